The van der Waals surface area contributed by atoms with Gasteiger partial charge in [0.2, 0.25) is 11.8 Å². The van der Waals surface area contributed by atoms with Crippen LogP contribution in [0.25, 0.3) is 0 Å². The molecule has 1 aliphatic heterocycles. The fourth-order valence-electron chi connectivity index (χ4n) is 2.35. The van der Waals surface area contributed by atoms with E-state index in [1.165, 1.54) is 13.3 Å². The molecule has 0 bridgehead atoms. The van der Waals surface area contributed by atoms with Gasteiger partial charge in [-0.05, 0) is 25.7 Å². The van der Waals surface area contributed by atoms with E-state index in [2.05, 4.69) is 24.9 Å². The van der Waals surface area contributed by atoms with Gasteiger partial charge in [0.05, 0.1) is 0 Å². The summed E-state index contributed by atoms with van der Waals surface area (Å²) in [6, 6.07) is -0.157. The minimum absolute atomic E-state index is 0.0155. The summed E-state index contributed by atoms with van der Waals surface area (Å²) >= 11 is 4.15. The molecule has 0 radical (unpaired) electrons. The first-order valence-electron chi connectivity index (χ1n) is 6.28. The van der Waals surface area contributed by atoms with E-state index in [0.717, 1.165) is 25.8 Å². The summed E-state index contributed by atoms with van der Waals surface area (Å²) in [6.07, 6.45) is 4.29. The number of amides is 2. The summed E-state index contributed by atoms with van der Waals surface area (Å²) in [5.74, 6) is 0.190. The number of rotatable bonds is 4. The molecule has 5 heteroatoms. The van der Waals surface area contributed by atoms with Crippen molar-refractivity contribution in [1.29, 1.82) is 0 Å². The Morgan fingerprint density at radius 1 is 1.47 bits per heavy atom. The zero-order valence-corrected chi connectivity index (χ0v) is 11.5. The van der Waals surface area contributed by atoms with Crippen molar-refractivity contribution in [3.63, 3.8) is 0 Å². The van der Waals surface area contributed by atoms with E-state index in [4.69, 9.17) is 0 Å². The van der Waals surface area contributed by atoms with Gasteiger partial charge in [-0.15, -0.1) is 0 Å². The first kappa shape index (κ1) is 14.4. The molecule has 98 valence electrons. The molecule has 17 heavy (non-hydrogen) atoms. The lowest BCUT2D eigenvalue weighted by molar-refractivity contribution is -0.138. The highest BCUT2D eigenvalue weighted by Gasteiger charge is 2.30. The van der Waals surface area contributed by atoms with E-state index in [9.17, 15) is 9.59 Å². The topological polar surface area (TPSA) is 49.4 Å². The molecule has 4 nitrogen and oxygen atoms in total. The molecule has 0 aromatic rings. The highest BCUT2D eigenvalue weighted by atomic mass is 32.1. The second kappa shape index (κ2) is 6.89. The molecule has 2 atom stereocenters. The van der Waals surface area contributed by atoms with Crippen molar-refractivity contribution >= 4 is 24.4 Å². The van der Waals surface area contributed by atoms with Crippen molar-refractivity contribution in [3.8, 4) is 0 Å². The fourth-order valence-corrected chi connectivity index (χ4v) is 2.59. The maximum absolute atomic E-state index is 12.3. The maximum Gasteiger partial charge on any atom is 0.246 e. The van der Waals surface area contributed by atoms with Gasteiger partial charge in [0, 0.05) is 25.3 Å². The largest absolute Gasteiger partial charge is 0.344 e. The van der Waals surface area contributed by atoms with Crippen LogP contribution in [-0.4, -0.2) is 41.1 Å². The van der Waals surface area contributed by atoms with Crippen LogP contribution in [-0.2, 0) is 9.59 Å². The molecule has 0 aromatic heterocycles. The second-order valence-electron chi connectivity index (χ2n) is 4.53. The van der Waals surface area contributed by atoms with Crippen LogP contribution in [0.3, 0.4) is 0 Å². The zero-order valence-electron chi connectivity index (χ0n) is 10.6. The van der Waals surface area contributed by atoms with Crippen LogP contribution in [0.5, 0.6) is 0 Å². The first-order chi connectivity index (χ1) is 8.10. The van der Waals surface area contributed by atoms with Crippen molar-refractivity contribution in [3.05, 3.63) is 0 Å². The summed E-state index contributed by atoms with van der Waals surface area (Å²) in [7, 11) is 0. The van der Waals surface area contributed by atoms with Crippen molar-refractivity contribution in [2.24, 2.45) is 0 Å². The Bertz CT molecular complexity index is 284. The summed E-state index contributed by atoms with van der Waals surface area (Å²) in [5.41, 5.74) is 0. The Labute approximate surface area is 109 Å². The van der Waals surface area contributed by atoms with E-state index >= 15 is 0 Å². The molecule has 0 aromatic carbocycles. The molecule has 0 spiro atoms. The molecule has 1 fully saturated rings. The Balaban J connectivity index is 2.67. The predicted octanol–water partition coefficient (Wildman–Crippen LogP) is 1.21. The summed E-state index contributed by atoms with van der Waals surface area (Å²) in [5, 5.41) is 2.66. The van der Waals surface area contributed by atoms with Crippen LogP contribution in [0.4, 0.5) is 0 Å². The number of likely N-dealkylation sites (tertiary alicyclic amines) is 1. The molecule has 2 unspecified atom stereocenters. The van der Waals surface area contributed by atoms with Gasteiger partial charge < -0.3 is 10.2 Å². The van der Waals surface area contributed by atoms with Crippen LogP contribution in [0.2, 0.25) is 0 Å². The molecule has 0 aliphatic carbocycles. The van der Waals surface area contributed by atoms with Crippen molar-refractivity contribution in [1.82, 2.24) is 10.2 Å². The Morgan fingerprint density at radius 3 is 2.71 bits per heavy atom. The molecule has 0 saturated carbocycles. The van der Waals surface area contributed by atoms with E-state index < -0.39 is 6.04 Å². The fraction of sp³-hybridized carbons (Fsp3) is 0.833. The van der Waals surface area contributed by atoms with Crippen molar-refractivity contribution in [2.45, 2.75) is 51.6 Å². The summed E-state index contributed by atoms with van der Waals surface area (Å²) in [6.45, 7) is 4.34. The van der Waals surface area contributed by atoms with E-state index in [1.54, 1.807) is 0 Å². The lowest BCUT2D eigenvalue weighted by Crippen LogP contribution is -2.53. The average molecular weight is 258 g/mol. The molecule has 1 saturated heterocycles. The molecular weight excluding hydrogens is 236 g/mol. The lowest BCUT2D eigenvalue weighted by Gasteiger charge is -2.37. The molecule has 1 N–H and O–H groups in total. The Hall–Kier alpha value is -0.710. The number of nitrogens with one attached hydrogen (secondary N) is 1. The number of carbonyl (C=O) groups excluding carboxylic acids is 2. The second-order valence-corrected chi connectivity index (χ2v) is 4.89. The number of hydrogen-bond donors (Lipinski definition) is 2. The maximum atomic E-state index is 12.3. The minimum Gasteiger partial charge on any atom is -0.344 e. The smallest absolute Gasteiger partial charge is 0.246 e. The van der Waals surface area contributed by atoms with Crippen molar-refractivity contribution in [2.75, 3.05) is 12.3 Å². The highest BCUT2D eigenvalue weighted by molar-refractivity contribution is 7.80. The summed E-state index contributed by atoms with van der Waals surface area (Å²) < 4.78 is 0. The molecule has 1 aliphatic rings. The first-order valence-corrected chi connectivity index (χ1v) is 6.91. The number of hydrogen-bond acceptors (Lipinski definition) is 3. The Kier molecular flexibility index (Phi) is 5.82. The van der Waals surface area contributed by atoms with Gasteiger partial charge in [0.15, 0.2) is 0 Å². The lowest BCUT2D eigenvalue weighted by atomic mass is 9.99. The van der Waals surface area contributed by atoms with Gasteiger partial charge in [-0.1, -0.05) is 6.92 Å². The SMILES string of the molecule is CCC1CCCCN1C(=O)C(CS)NC(C)=O. The third-order valence-corrected chi connectivity index (χ3v) is 3.60. The third kappa shape index (κ3) is 3.91. The van der Waals surface area contributed by atoms with Gasteiger partial charge in [-0.2, -0.15) is 12.6 Å². The van der Waals surface area contributed by atoms with Gasteiger partial charge in [0.25, 0.3) is 0 Å². The molecule has 1 rings (SSSR count). The standard InChI is InChI=1S/C12H22N2O2S/c1-3-10-6-4-5-7-14(10)12(16)11(8-17)13-9(2)15/h10-11,17H,3-8H2,1-2H3,(H,13,15). The van der Waals surface area contributed by atoms with Crippen LogP contribution >= 0.6 is 12.6 Å². The number of carbonyl (C=O) groups is 2. The average Bonchev–Trinajstić information content (AvgIpc) is 2.34. The van der Waals surface area contributed by atoms with E-state index in [1.807, 2.05) is 4.90 Å². The van der Waals surface area contributed by atoms with Crippen LogP contribution in [0.15, 0.2) is 0 Å². The number of piperidine rings is 1. The van der Waals surface area contributed by atoms with Crippen LogP contribution in [0.1, 0.15) is 39.5 Å². The van der Waals surface area contributed by atoms with E-state index in [0.29, 0.717) is 11.8 Å². The van der Waals surface area contributed by atoms with Gasteiger partial charge in [-0.3, -0.25) is 9.59 Å². The monoisotopic (exact) mass is 258 g/mol. The molecule has 1 heterocycles. The number of nitrogens with zero attached hydrogens (tertiary/aromatic N) is 1. The van der Waals surface area contributed by atoms with Gasteiger partial charge in [0.1, 0.15) is 6.04 Å². The zero-order chi connectivity index (χ0) is 12.8. The molecular formula is C12H22N2O2S. The Morgan fingerprint density at radius 2 is 2.18 bits per heavy atom. The van der Waals surface area contributed by atoms with E-state index in [-0.39, 0.29) is 11.8 Å². The minimum atomic E-state index is -0.483. The normalized spacial score (nSPS) is 22.1. The molecule has 2 amide bonds. The van der Waals surface area contributed by atoms with Gasteiger partial charge in [-0.25, -0.2) is 0 Å². The van der Waals surface area contributed by atoms with Crippen LogP contribution < -0.4 is 5.32 Å². The predicted molar refractivity (Wildman–Crippen MR) is 71.1 cm³/mol. The quantitative estimate of drug-likeness (QED) is 0.745. The van der Waals surface area contributed by atoms with Gasteiger partial charge >= 0.3 is 0 Å². The third-order valence-electron chi connectivity index (χ3n) is 3.24. The number of thiol groups is 1. The van der Waals surface area contributed by atoms with Crippen molar-refractivity contribution < 1.29 is 9.59 Å². The summed E-state index contributed by atoms with van der Waals surface area (Å²) in [4.78, 5) is 25.2. The van der Waals surface area contributed by atoms with Crippen LogP contribution in [0, 0.1) is 0 Å². The highest BCUT2D eigenvalue weighted by Crippen LogP contribution is 2.20.